The van der Waals surface area contributed by atoms with Crippen molar-refractivity contribution in [3.05, 3.63) is 77.9 Å². The third-order valence-electron chi connectivity index (χ3n) is 5.57. The highest BCUT2D eigenvalue weighted by molar-refractivity contribution is 8.00. The second-order valence-electron chi connectivity index (χ2n) is 8.33. The number of ether oxygens (including phenoxy) is 3. The Morgan fingerprint density at radius 1 is 0.842 bits per heavy atom. The van der Waals surface area contributed by atoms with Crippen LogP contribution in [0, 0.1) is 0 Å². The number of hydrogen-bond donors (Lipinski definition) is 2. The largest absolute Gasteiger partial charge is 0.496 e. The Morgan fingerprint density at radius 2 is 1.42 bits per heavy atom. The van der Waals surface area contributed by atoms with Gasteiger partial charge in [0.15, 0.2) is 0 Å². The highest BCUT2D eigenvalue weighted by atomic mass is 32.2. The fraction of sp³-hybridized carbons (Fsp3) is 0.276. The summed E-state index contributed by atoms with van der Waals surface area (Å²) in [6.07, 6.45) is 1.78. The van der Waals surface area contributed by atoms with Crippen molar-refractivity contribution in [1.29, 1.82) is 0 Å². The van der Waals surface area contributed by atoms with Crippen molar-refractivity contribution in [2.45, 2.75) is 36.8 Å². The van der Waals surface area contributed by atoms with Gasteiger partial charge in [0, 0.05) is 16.3 Å². The van der Waals surface area contributed by atoms with E-state index in [9.17, 15) is 14.4 Å². The van der Waals surface area contributed by atoms with Gasteiger partial charge in [-0.3, -0.25) is 9.59 Å². The van der Waals surface area contributed by atoms with Crippen LogP contribution in [0.15, 0.2) is 71.6 Å². The van der Waals surface area contributed by atoms with Crippen LogP contribution in [0.2, 0.25) is 0 Å². The van der Waals surface area contributed by atoms with E-state index in [1.165, 1.54) is 26.0 Å². The second kappa shape index (κ2) is 14.1. The minimum Gasteiger partial charge on any atom is -0.496 e. The van der Waals surface area contributed by atoms with Gasteiger partial charge in [0.1, 0.15) is 17.1 Å². The molecular formula is C29H32N2O6S. The predicted octanol–water partition coefficient (Wildman–Crippen LogP) is 6.03. The monoisotopic (exact) mass is 536 g/mol. The van der Waals surface area contributed by atoms with Crippen molar-refractivity contribution in [2.24, 2.45) is 0 Å². The highest BCUT2D eigenvalue weighted by Crippen LogP contribution is 2.30. The topological polar surface area (TPSA) is 103 Å². The molecule has 0 heterocycles. The zero-order valence-electron chi connectivity index (χ0n) is 21.9. The lowest BCUT2D eigenvalue weighted by molar-refractivity contribution is -0.115. The van der Waals surface area contributed by atoms with Gasteiger partial charge in [-0.15, -0.1) is 11.8 Å². The Balaban J connectivity index is 1.55. The van der Waals surface area contributed by atoms with Gasteiger partial charge in [0.25, 0.3) is 5.91 Å². The Kier molecular flexibility index (Phi) is 10.6. The summed E-state index contributed by atoms with van der Waals surface area (Å²) in [6.45, 7) is 4.23. The Morgan fingerprint density at radius 3 is 2.00 bits per heavy atom. The first-order valence-corrected chi connectivity index (χ1v) is 13.1. The number of methoxy groups -OCH3 is 2. The lowest BCUT2D eigenvalue weighted by Gasteiger charge is -2.14. The van der Waals surface area contributed by atoms with E-state index in [-0.39, 0.29) is 23.0 Å². The summed E-state index contributed by atoms with van der Waals surface area (Å²) in [7, 11) is 2.99. The molecule has 1 atom stereocenters. The normalized spacial score (nSPS) is 11.3. The van der Waals surface area contributed by atoms with Crippen molar-refractivity contribution >= 4 is 40.9 Å². The third kappa shape index (κ3) is 7.76. The van der Waals surface area contributed by atoms with E-state index in [1.807, 2.05) is 26.0 Å². The molecule has 9 heteroatoms. The zero-order chi connectivity index (χ0) is 27.5. The molecule has 1 unspecified atom stereocenters. The molecule has 0 bridgehead atoms. The third-order valence-corrected chi connectivity index (χ3v) is 6.68. The summed E-state index contributed by atoms with van der Waals surface area (Å²) in [5.41, 5.74) is 1.94. The van der Waals surface area contributed by atoms with Crippen LogP contribution in [0.1, 0.15) is 47.4 Å². The number of rotatable bonds is 12. The molecule has 0 aliphatic heterocycles. The van der Waals surface area contributed by atoms with E-state index < -0.39 is 0 Å². The van der Waals surface area contributed by atoms with Gasteiger partial charge in [-0.1, -0.05) is 19.4 Å². The highest BCUT2D eigenvalue weighted by Gasteiger charge is 2.19. The van der Waals surface area contributed by atoms with Crippen LogP contribution in [0.4, 0.5) is 11.4 Å². The molecule has 8 nitrogen and oxygen atoms in total. The molecule has 38 heavy (non-hydrogen) atoms. The van der Waals surface area contributed by atoms with Crippen LogP contribution in [0.3, 0.4) is 0 Å². The molecule has 0 saturated carbocycles. The molecule has 0 aromatic heterocycles. The van der Waals surface area contributed by atoms with Crippen LogP contribution < -0.4 is 20.1 Å². The van der Waals surface area contributed by atoms with Crippen LogP contribution in [0.25, 0.3) is 0 Å². The number of benzene rings is 3. The first-order valence-electron chi connectivity index (χ1n) is 12.2. The van der Waals surface area contributed by atoms with Crippen molar-refractivity contribution in [2.75, 3.05) is 31.5 Å². The lowest BCUT2D eigenvalue weighted by Crippen LogP contribution is -2.22. The number of esters is 1. The lowest BCUT2D eigenvalue weighted by atomic mass is 10.1. The summed E-state index contributed by atoms with van der Waals surface area (Å²) in [4.78, 5) is 38.5. The quantitative estimate of drug-likeness (QED) is 0.165. The number of nitrogens with one attached hydrogen (secondary N) is 2. The fourth-order valence-corrected chi connectivity index (χ4v) is 4.34. The van der Waals surface area contributed by atoms with Gasteiger partial charge >= 0.3 is 5.97 Å². The summed E-state index contributed by atoms with van der Waals surface area (Å²) < 4.78 is 15.8. The van der Waals surface area contributed by atoms with E-state index in [0.717, 1.165) is 17.7 Å². The average molecular weight is 537 g/mol. The second-order valence-corrected chi connectivity index (χ2v) is 9.75. The molecule has 0 aliphatic rings. The maximum absolute atomic E-state index is 12.9. The summed E-state index contributed by atoms with van der Waals surface area (Å²) in [5.74, 6) is -0.0747. The number of anilines is 2. The Labute approximate surface area is 227 Å². The zero-order valence-corrected chi connectivity index (χ0v) is 22.7. The molecule has 0 spiro atoms. The molecule has 3 aromatic rings. The van der Waals surface area contributed by atoms with E-state index in [1.54, 1.807) is 54.6 Å². The maximum atomic E-state index is 12.9. The van der Waals surface area contributed by atoms with Gasteiger partial charge < -0.3 is 24.8 Å². The summed E-state index contributed by atoms with van der Waals surface area (Å²) in [5, 5.41) is 5.33. The number of carbonyl (C=O) groups excluding carboxylic acids is 3. The SMILES string of the molecule is CCCCOC(=O)c1ccc(NC(=O)C(C)Sc2ccc(NC(=O)c3c(OC)cccc3OC)cc2)cc1. The Bertz CT molecular complexity index is 1220. The van der Waals surface area contributed by atoms with Crippen LogP contribution in [-0.4, -0.2) is 43.9 Å². The molecule has 0 aliphatic carbocycles. The van der Waals surface area contributed by atoms with Crippen molar-refractivity contribution in [3.63, 3.8) is 0 Å². The molecule has 200 valence electrons. The van der Waals surface area contributed by atoms with Crippen LogP contribution >= 0.6 is 11.8 Å². The van der Waals surface area contributed by atoms with Crippen LogP contribution in [0.5, 0.6) is 11.5 Å². The van der Waals surface area contributed by atoms with E-state index in [4.69, 9.17) is 14.2 Å². The molecule has 2 N–H and O–H groups in total. The molecule has 3 rings (SSSR count). The number of carbonyl (C=O) groups is 3. The number of hydrogen-bond acceptors (Lipinski definition) is 7. The van der Waals surface area contributed by atoms with E-state index >= 15 is 0 Å². The predicted molar refractivity (Wildman–Crippen MR) is 150 cm³/mol. The fourth-order valence-electron chi connectivity index (χ4n) is 3.47. The van der Waals surface area contributed by atoms with Gasteiger partial charge in [-0.25, -0.2) is 4.79 Å². The Hall–Kier alpha value is -3.98. The van der Waals surface area contributed by atoms with E-state index in [2.05, 4.69) is 10.6 Å². The standard InChI is InChI=1S/C29H32N2O6S/c1-5-6-18-37-29(34)20-10-12-21(13-11-20)30-27(32)19(2)38-23-16-14-22(15-17-23)31-28(33)26-24(35-3)8-7-9-25(26)36-4/h7-17,19H,5-6,18H2,1-4H3,(H,30,32)(H,31,33). The molecule has 0 radical (unpaired) electrons. The first-order chi connectivity index (χ1) is 18.4. The molecular weight excluding hydrogens is 504 g/mol. The van der Waals surface area contributed by atoms with Crippen molar-refractivity contribution in [1.82, 2.24) is 0 Å². The van der Waals surface area contributed by atoms with Crippen LogP contribution in [-0.2, 0) is 9.53 Å². The number of amides is 2. The van der Waals surface area contributed by atoms with Gasteiger partial charge in [-0.05, 0) is 74.0 Å². The molecule has 3 aromatic carbocycles. The smallest absolute Gasteiger partial charge is 0.338 e. The first kappa shape index (κ1) is 28.6. The number of unbranched alkanes of at least 4 members (excludes halogenated alkanes) is 1. The van der Waals surface area contributed by atoms with Crippen molar-refractivity contribution < 1.29 is 28.6 Å². The minimum absolute atomic E-state index is 0.172. The number of thioether (sulfide) groups is 1. The summed E-state index contributed by atoms with van der Waals surface area (Å²) >= 11 is 1.39. The van der Waals surface area contributed by atoms with E-state index in [0.29, 0.717) is 40.6 Å². The van der Waals surface area contributed by atoms with Gasteiger partial charge in [0.05, 0.1) is 31.6 Å². The maximum Gasteiger partial charge on any atom is 0.338 e. The summed E-state index contributed by atoms with van der Waals surface area (Å²) in [6, 6.07) is 19.0. The minimum atomic E-state index is -0.382. The van der Waals surface area contributed by atoms with Crippen molar-refractivity contribution in [3.8, 4) is 11.5 Å². The van der Waals surface area contributed by atoms with Gasteiger partial charge in [-0.2, -0.15) is 0 Å². The molecule has 0 fully saturated rings. The average Bonchev–Trinajstić information content (AvgIpc) is 2.93. The molecule has 2 amide bonds. The molecule has 0 saturated heterocycles. The van der Waals surface area contributed by atoms with Gasteiger partial charge in [0.2, 0.25) is 5.91 Å².